The van der Waals surface area contributed by atoms with E-state index in [9.17, 15) is 0 Å². The molecule has 26 heavy (non-hydrogen) atoms. The van der Waals surface area contributed by atoms with E-state index in [1.807, 2.05) is 6.92 Å². The highest BCUT2D eigenvalue weighted by Crippen LogP contribution is 2.18. The smallest absolute Gasteiger partial charge is 0.0759 e. The van der Waals surface area contributed by atoms with Crippen LogP contribution in [0.2, 0.25) is 0 Å². The Kier molecular flexibility index (Phi) is 6.38. The summed E-state index contributed by atoms with van der Waals surface area (Å²) in [6.07, 6.45) is 3.69. The second-order valence-corrected chi connectivity index (χ2v) is 7.67. The molecule has 1 fully saturated rings. The van der Waals surface area contributed by atoms with Crippen LogP contribution < -0.4 is 0 Å². The first-order valence-electron chi connectivity index (χ1n) is 9.80. The minimum absolute atomic E-state index is 0.599. The van der Waals surface area contributed by atoms with Gasteiger partial charge < -0.3 is 4.90 Å². The molecule has 2 aromatic rings. The number of likely N-dealkylation sites (N-methyl/N-ethyl adjacent to an activating group) is 1. The number of benzene rings is 1. The van der Waals surface area contributed by atoms with Crippen molar-refractivity contribution in [2.24, 2.45) is 0 Å². The lowest BCUT2D eigenvalue weighted by atomic mass is 10.0. The molecule has 140 valence electrons. The average Bonchev–Trinajstić information content (AvgIpc) is 2.65. The third-order valence-corrected chi connectivity index (χ3v) is 5.64. The Balaban J connectivity index is 1.56. The molecule has 0 radical (unpaired) electrons. The molecule has 1 aromatic heterocycles. The van der Waals surface area contributed by atoms with Crippen molar-refractivity contribution in [3.63, 3.8) is 0 Å². The number of rotatable bonds is 6. The van der Waals surface area contributed by atoms with Crippen molar-refractivity contribution in [2.75, 3.05) is 26.7 Å². The van der Waals surface area contributed by atoms with E-state index >= 15 is 0 Å². The van der Waals surface area contributed by atoms with Crippen LogP contribution in [0, 0.1) is 20.8 Å². The number of nitrogens with zero attached hydrogens (tertiary/aromatic N) is 4. The van der Waals surface area contributed by atoms with E-state index in [2.05, 4.69) is 66.0 Å². The highest BCUT2D eigenvalue weighted by molar-refractivity contribution is 5.18. The lowest BCUT2D eigenvalue weighted by Crippen LogP contribution is -2.46. The molecular formula is C22H32N4. The fourth-order valence-electron chi connectivity index (χ4n) is 3.80. The lowest BCUT2D eigenvalue weighted by Gasteiger charge is -2.37. The molecule has 0 bridgehead atoms. The summed E-state index contributed by atoms with van der Waals surface area (Å²) in [6.45, 7) is 10.6. The van der Waals surface area contributed by atoms with E-state index in [1.54, 1.807) is 0 Å². The predicted molar refractivity (Wildman–Crippen MR) is 107 cm³/mol. The van der Waals surface area contributed by atoms with Crippen LogP contribution >= 0.6 is 0 Å². The highest BCUT2D eigenvalue weighted by atomic mass is 15.2. The van der Waals surface area contributed by atoms with E-state index in [-0.39, 0.29) is 0 Å². The van der Waals surface area contributed by atoms with Crippen LogP contribution in [0.25, 0.3) is 0 Å². The molecule has 2 heterocycles. The number of hydrogen-bond donors (Lipinski definition) is 0. The van der Waals surface area contributed by atoms with Crippen molar-refractivity contribution in [2.45, 2.75) is 52.6 Å². The third kappa shape index (κ3) is 4.89. The molecule has 0 amide bonds. The molecule has 0 saturated carbocycles. The Morgan fingerprint density at radius 1 is 1.04 bits per heavy atom. The Bertz CT molecular complexity index is 714. The fourth-order valence-corrected chi connectivity index (χ4v) is 3.80. The molecule has 0 N–H and O–H groups in total. The van der Waals surface area contributed by atoms with Crippen molar-refractivity contribution in [3.8, 4) is 0 Å². The van der Waals surface area contributed by atoms with Gasteiger partial charge >= 0.3 is 0 Å². The summed E-state index contributed by atoms with van der Waals surface area (Å²) in [5.74, 6) is 0. The average molecular weight is 353 g/mol. The van der Waals surface area contributed by atoms with Crippen molar-refractivity contribution < 1.29 is 0 Å². The van der Waals surface area contributed by atoms with Crippen molar-refractivity contribution in [1.29, 1.82) is 0 Å². The zero-order chi connectivity index (χ0) is 18.5. The van der Waals surface area contributed by atoms with Crippen LogP contribution in [0.1, 0.15) is 41.2 Å². The predicted octanol–water partition coefficient (Wildman–Crippen LogP) is 3.54. The van der Waals surface area contributed by atoms with Crippen molar-refractivity contribution in [1.82, 2.24) is 19.8 Å². The Hall–Kier alpha value is -1.78. The SMILES string of the molecule is Cc1nc(C)c(CN(C)C2CCCN(CCc3ccccc3)C2)nc1C. The minimum atomic E-state index is 0.599. The molecule has 0 aliphatic carbocycles. The van der Waals surface area contributed by atoms with Gasteiger partial charge in [0, 0.05) is 25.7 Å². The van der Waals surface area contributed by atoms with Crippen LogP contribution in [-0.4, -0.2) is 52.5 Å². The molecule has 1 aliphatic heterocycles. The van der Waals surface area contributed by atoms with Gasteiger partial charge in [-0.3, -0.25) is 14.9 Å². The largest absolute Gasteiger partial charge is 0.301 e. The van der Waals surface area contributed by atoms with Crippen molar-refractivity contribution >= 4 is 0 Å². The van der Waals surface area contributed by atoms with Crippen LogP contribution in [0.5, 0.6) is 0 Å². The summed E-state index contributed by atoms with van der Waals surface area (Å²) in [5.41, 5.74) is 5.71. The summed E-state index contributed by atoms with van der Waals surface area (Å²) >= 11 is 0. The van der Waals surface area contributed by atoms with Gasteiger partial charge in [-0.05, 0) is 59.2 Å². The first-order valence-corrected chi connectivity index (χ1v) is 9.80. The maximum atomic E-state index is 4.78. The zero-order valence-electron chi connectivity index (χ0n) is 16.7. The number of aryl methyl sites for hydroxylation is 3. The van der Waals surface area contributed by atoms with Gasteiger partial charge in [0.25, 0.3) is 0 Å². The molecule has 0 spiro atoms. The first-order chi connectivity index (χ1) is 12.5. The maximum absolute atomic E-state index is 4.78. The van der Waals surface area contributed by atoms with Gasteiger partial charge in [-0.15, -0.1) is 0 Å². The van der Waals surface area contributed by atoms with Crippen molar-refractivity contribution in [3.05, 3.63) is 58.7 Å². The molecule has 4 nitrogen and oxygen atoms in total. The molecule has 1 unspecified atom stereocenters. The molecule has 1 aromatic carbocycles. The number of piperidine rings is 1. The molecule has 1 aliphatic rings. The van der Waals surface area contributed by atoms with E-state index < -0.39 is 0 Å². The van der Waals surface area contributed by atoms with Crippen LogP contribution in [0.3, 0.4) is 0 Å². The Morgan fingerprint density at radius 2 is 1.77 bits per heavy atom. The standard InChI is InChI=1S/C22H32N4/c1-17-18(2)24-22(19(3)23-17)16-25(4)21-11-8-13-26(15-21)14-12-20-9-6-5-7-10-20/h5-7,9-10,21H,8,11-16H2,1-4H3. The summed E-state index contributed by atoms with van der Waals surface area (Å²) in [4.78, 5) is 14.5. The molecule has 1 saturated heterocycles. The van der Waals surface area contributed by atoms with E-state index in [1.165, 1.54) is 24.9 Å². The fraction of sp³-hybridized carbons (Fsp3) is 0.545. The minimum Gasteiger partial charge on any atom is -0.301 e. The number of aromatic nitrogens is 2. The molecule has 3 rings (SSSR count). The zero-order valence-corrected chi connectivity index (χ0v) is 16.7. The van der Waals surface area contributed by atoms with Crippen LogP contribution in [-0.2, 0) is 13.0 Å². The van der Waals surface area contributed by atoms with Gasteiger partial charge in [-0.1, -0.05) is 30.3 Å². The van der Waals surface area contributed by atoms with E-state index in [4.69, 9.17) is 4.98 Å². The third-order valence-electron chi connectivity index (χ3n) is 5.64. The second kappa shape index (κ2) is 8.74. The van der Waals surface area contributed by atoms with Gasteiger partial charge in [-0.2, -0.15) is 0 Å². The summed E-state index contributed by atoms with van der Waals surface area (Å²) in [6, 6.07) is 11.4. The highest BCUT2D eigenvalue weighted by Gasteiger charge is 2.24. The van der Waals surface area contributed by atoms with Gasteiger partial charge in [-0.25, -0.2) is 0 Å². The summed E-state index contributed by atoms with van der Waals surface area (Å²) in [5, 5.41) is 0. The summed E-state index contributed by atoms with van der Waals surface area (Å²) in [7, 11) is 2.24. The van der Waals surface area contributed by atoms with Gasteiger partial charge in [0.1, 0.15) is 0 Å². The number of hydrogen-bond acceptors (Lipinski definition) is 4. The molecule has 1 atom stereocenters. The summed E-state index contributed by atoms with van der Waals surface area (Å²) < 4.78 is 0. The number of likely N-dealkylation sites (tertiary alicyclic amines) is 1. The first kappa shape index (κ1) is 19.0. The van der Waals surface area contributed by atoms with Crippen LogP contribution in [0.15, 0.2) is 30.3 Å². The monoisotopic (exact) mass is 352 g/mol. The lowest BCUT2D eigenvalue weighted by molar-refractivity contribution is 0.111. The Labute approximate surface area is 158 Å². The quantitative estimate of drug-likeness (QED) is 0.796. The van der Waals surface area contributed by atoms with Gasteiger partial charge in [0.05, 0.1) is 22.8 Å². The van der Waals surface area contributed by atoms with Crippen LogP contribution in [0.4, 0.5) is 0 Å². The molecular weight excluding hydrogens is 320 g/mol. The Morgan fingerprint density at radius 3 is 2.54 bits per heavy atom. The molecule has 4 heteroatoms. The topological polar surface area (TPSA) is 32.3 Å². The van der Waals surface area contributed by atoms with E-state index in [0.717, 1.165) is 48.8 Å². The normalized spacial score (nSPS) is 18.4. The second-order valence-electron chi connectivity index (χ2n) is 7.67. The maximum Gasteiger partial charge on any atom is 0.0759 e. The van der Waals surface area contributed by atoms with Gasteiger partial charge in [0.15, 0.2) is 0 Å². The van der Waals surface area contributed by atoms with Gasteiger partial charge in [0.2, 0.25) is 0 Å². The van der Waals surface area contributed by atoms with E-state index in [0.29, 0.717) is 6.04 Å².